The molecule has 0 fully saturated rings. The van der Waals surface area contributed by atoms with Crippen LogP contribution in [0, 0.1) is 0 Å². The van der Waals surface area contributed by atoms with Crippen LogP contribution in [-0.4, -0.2) is 20.6 Å². The quantitative estimate of drug-likeness (QED) is 0.743. The van der Waals surface area contributed by atoms with E-state index in [-0.39, 0.29) is 0 Å². The average Bonchev–Trinajstić information content (AvgIpc) is 2.25. The molecule has 0 atom stereocenters. The lowest BCUT2D eigenvalue weighted by molar-refractivity contribution is 0.791. The van der Waals surface area contributed by atoms with Gasteiger partial charge in [0.25, 0.3) is 0 Å². The minimum absolute atomic E-state index is 0.994. The van der Waals surface area contributed by atoms with E-state index in [2.05, 4.69) is 35.4 Å². The van der Waals surface area contributed by atoms with Gasteiger partial charge in [-0.1, -0.05) is 24.8 Å². The lowest BCUT2D eigenvalue weighted by Crippen LogP contribution is -2.11. The van der Waals surface area contributed by atoms with Crippen molar-refractivity contribution in [2.75, 3.05) is 26.0 Å². The van der Waals surface area contributed by atoms with Crippen molar-refractivity contribution in [3.05, 3.63) is 35.9 Å². The molecule has 0 amide bonds. The van der Waals surface area contributed by atoms with E-state index in [9.17, 15) is 0 Å². The van der Waals surface area contributed by atoms with E-state index in [0.717, 1.165) is 18.7 Å². The second kappa shape index (κ2) is 5.45. The first-order chi connectivity index (χ1) is 6.83. The number of benzene rings is 1. The zero-order valence-corrected chi connectivity index (χ0v) is 8.93. The number of likely N-dealkylation sites (N-methyl/N-ethyl adjacent to an activating group) is 1. The maximum Gasteiger partial charge on any atom is 0.0413 e. The summed E-state index contributed by atoms with van der Waals surface area (Å²) in [6.07, 6.45) is 2.95. The SMILES string of the molecule is C=Cc1c(CCNC)cccc1NC. The summed E-state index contributed by atoms with van der Waals surface area (Å²) in [6, 6.07) is 6.29. The van der Waals surface area contributed by atoms with E-state index >= 15 is 0 Å². The van der Waals surface area contributed by atoms with Gasteiger partial charge in [-0.3, -0.25) is 0 Å². The van der Waals surface area contributed by atoms with E-state index in [1.54, 1.807) is 0 Å². The van der Waals surface area contributed by atoms with Crippen LogP contribution in [0.25, 0.3) is 6.08 Å². The Morgan fingerprint density at radius 3 is 2.71 bits per heavy atom. The summed E-state index contributed by atoms with van der Waals surface area (Å²) >= 11 is 0. The van der Waals surface area contributed by atoms with Gasteiger partial charge in [-0.2, -0.15) is 0 Å². The van der Waals surface area contributed by atoms with Crippen molar-refractivity contribution in [3.63, 3.8) is 0 Å². The van der Waals surface area contributed by atoms with Crippen LogP contribution in [0.3, 0.4) is 0 Å². The minimum Gasteiger partial charge on any atom is -0.388 e. The van der Waals surface area contributed by atoms with Crippen LogP contribution in [-0.2, 0) is 6.42 Å². The molecule has 0 aliphatic rings. The zero-order valence-electron chi connectivity index (χ0n) is 8.93. The molecule has 0 radical (unpaired) electrons. The van der Waals surface area contributed by atoms with Crippen LogP contribution in [0.4, 0.5) is 5.69 Å². The third-order valence-corrected chi connectivity index (χ3v) is 2.31. The van der Waals surface area contributed by atoms with Crippen LogP contribution in [0.2, 0.25) is 0 Å². The summed E-state index contributed by atoms with van der Waals surface area (Å²) in [4.78, 5) is 0. The molecule has 0 aliphatic heterocycles. The molecule has 0 saturated heterocycles. The molecular formula is C12H18N2. The molecule has 1 rings (SSSR count). The normalized spacial score (nSPS) is 9.86. The first kappa shape index (κ1) is 10.8. The Labute approximate surface area is 86.0 Å². The summed E-state index contributed by atoms with van der Waals surface area (Å²) in [7, 11) is 3.90. The van der Waals surface area contributed by atoms with E-state index in [1.807, 2.05) is 20.2 Å². The van der Waals surface area contributed by atoms with Gasteiger partial charge >= 0.3 is 0 Å². The van der Waals surface area contributed by atoms with E-state index in [0.29, 0.717) is 0 Å². The van der Waals surface area contributed by atoms with Crippen molar-refractivity contribution in [2.45, 2.75) is 6.42 Å². The minimum atomic E-state index is 0.994. The van der Waals surface area contributed by atoms with Gasteiger partial charge in [0, 0.05) is 18.3 Å². The second-order valence-electron chi connectivity index (χ2n) is 3.19. The topological polar surface area (TPSA) is 24.1 Å². The first-order valence-electron chi connectivity index (χ1n) is 4.90. The Balaban J connectivity index is 2.96. The van der Waals surface area contributed by atoms with Gasteiger partial charge in [0.05, 0.1) is 0 Å². The number of hydrogen-bond donors (Lipinski definition) is 2. The van der Waals surface area contributed by atoms with Gasteiger partial charge in [0.2, 0.25) is 0 Å². The van der Waals surface area contributed by atoms with Crippen molar-refractivity contribution in [3.8, 4) is 0 Å². The predicted octanol–water partition coefficient (Wildman–Crippen LogP) is 2.13. The lowest BCUT2D eigenvalue weighted by Gasteiger charge is -2.10. The monoisotopic (exact) mass is 190 g/mol. The Morgan fingerprint density at radius 2 is 2.14 bits per heavy atom. The molecular weight excluding hydrogens is 172 g/mol. The van der Waals surface area contributed by atoms with Crippen LogP contribution >= 0.6 is 0 Å². The third kappa shape index (κ3) is 2.36. The highest BCUT2D eigenvalue weighted by molar-refractivity contribution is 5.68. The van der Waals surface area contributed by atoms with Crippen LogP contribution in [0.15, 0.2) is 24.8 Å². The van der Waals surface area contributed by atoms with Crippen molar-refractivity contribution < 1.29 is 0 Å². The fraction of sp³-hybridized carbons (Fsp3) is 0.333. The lowest BCUT2D eigenvalue weighted by atomic mass is 10.0. The van der Waals surface area contributed by atoms with Gasteiger partial charge in [-0.05, 0) is 31.6 Å². The highest BCUT2D eigenvalue weighted by Crippen LogP contribution is 2.20. The van der Waals surface area contributed by atoms with Crippen LogP contribution in [0.5, 0.6) is 0 Å². The zero-order chi connectivity index (χ0) is 10.4. The Kier molecular flexibility index (Phi) is 4.20. The molecule has 0 aromatic heterocycles. The Morgan fingerprint density at radius 1 is 1.36 bits per heavy atom. The summed E-state index contributed by atoms with van der Waals surface area (Å²) in [5.41, 5.74) is 3.69. The van der Waals surface area contributed by atoms with Crippen LogP contribution in [0.1, 0.15) is 11.1 Å². The van der Waals surface area contributed by atoms with Crippen molar-refractivity contribution in [1.82, 2.24) is 5.32 Å². The molecule has 0 unspecified atom stereocenters. The average molecular weight is 190 g/mol. The highest BCUT2D eigenvalue weighted by atomic mass is 14.8. The Bertz CT molecular complexity index is 305. The van der Waals surface area contributed by atoms with Gasteiger partial charge in [-0.25, -0.2) is 0 Å². The van der Waals surface area contributed by atoms with E-state index in [4.69, 9.17) is 0 Å². The molecule has 0 bridgehead atoms. The molecule has 0 spiro atoms. The second-order valence-corrected chi connectivity index (χ2v) is 3.19. The first-order valence-corrected chi connectivity index (χ1v) is 4.90. The van der Waals surface area contributed by atoms with E-state index in [1.165, 1.54) is 11.1 Å². The van der Waals surface area contributed by atoms with Gasteiger partial charge < -0.3 is 10.6 Å². The summed E-state index contributed by atoms with van der Waals surface area (Å²) in [6.45, 7) is 4.84. The molecule has 2 heteroatoms. The number of anilines is 1. The van der Waals surface area contributed by atoms with E-state index < -0.39 is 0 Å². The summed E-state index contributed by atoms with van der Waals surface area (Å²) in [5.74, 6) is 0. The standard InChI is InChI=1S/C12H18N2/c1-4-11-10(8-9-13-2)6-5-7-12(11)14-3/h4-7,13-14H,1,8-9H2,2-3H3. The van der Waals surface area contributed by atoms with Gasteiger partial charge in [0.1, 0.15) is 0 Å². The number of hydrogen-bond acceptors (Lipinski definition) is 2. The molecule has 1 aromatic carbocycles. The van der Waals surface area contributed by atoms with Gasteiger partial charge in [0.15, 0.2) is 0 Å². The molecule has 1 aromatic rings. The third-order valence-electron chi connectivity index (χ3n) is 2.31. The van der Waals surface area contributed by atoms with Crippen molar-refractivity contribution in [1.29, 1.82) is 0 Å². The molecule has 0 heterocycles. The molecule has 2 nitrogen and oxygen atoms in total. The molecule has 2 N–H and O–H groups in total. The fourth-order valence-corrected chi connectivity index (χ4v) is 1.55. The fourth-order valence-electron chi connectivity index (χ4n) is 1.55. The number of rotatable bonds is 5. The van der Waals surface area contributed by atoms with Crippen molar-refractivity contribution in [2.24, 2.45) is 0 Å². The molecule has 0 saturated carbocycles. The highest BCUT2D eigenvalue weighted by Gasteiger charge is 2.02. The summed E-state index contributed by atoms with van der Waals surface area (Å²) in [5, 5.41) is 6.32. The van der Waals surface area contributed by atoms with Crippen LogP contribution < -0.4 is 10.6 Å². The smallest absolute Gasteiger partial charge is 0.0413 e. The van der Waals surface area contributed by atoms with Crippen molar-refractivity contribution >= 4 is 11.8 Å². The molecule has 76 valence electrons. The molecule has 14 heavy (non-hydrogen) atoms. The maximum absolute atomic E-state index is 3.85. The maximum atomic E-state index is 3.85. The van der Waals surface area contributed by atoms with Gasteiger partial charge in [-0.15, -0.1) is 0 Å². The predicted molar refractivity (Wildman–Crippen MR) is 63.7 cm³/mol. The summed E-state index contributed by atoms with van der Waals surface area (Å²) < 4.78 is 0. The molecule has 0 aliphatic carbocycles. The Hall–Kier alpha value is -1.28. The number of nitrogens with one attached hydrogen (secondary N) is 2. The largest absolute Gasteiger partial charge is 0.388 e.